The Balaban J connectivity index is 1.40. The van der Waals surface area contributed by atoms with Crippen LogP contribution in [0.3, 0.4) is 0 Å². The molecule has 0 unspecified atom stereocenters. The molecule has 0 bridgehead atoms. The van der Waals surface area contributed by atoms with Crippen LogP contribution in [-0.2, 0) is 6.61 Å². The van der Waals surface area contributed by atoms with Crippen LogP contribution < -0.4 is 20.3 Å². The van der Waals surface area contributed by atoms with E-state index < -0.39 is 0 Å². The summed E-state index contributed by atoms with van der Waals surface area (Å²) in [5, 5.41) is 5.69. The zero-order chi connectivity index (χ0) is 25.5. The van der Waals surface area contributed by atoms with Gasteiger partial charge < -0.3 is 20.3 Å². The maximum Gasteiger partial charge on any atom is 0.257 e. The van der Waals surface area contributed by atoms with Crippen molar-refractivity contribution in [2.75, 3.05) is 29.6 Å². The van der Waals surface area contributed by atoms with Gasteiger partial charge in [-0.2, -0.15) is 0 Å². The first-order valence-electron chi connectivity index (χ1n) is 11.4. The fourth-order valence-corrected chi connectivity index (χ4v) is 3.43. The number of rotatable bonds is 8. The highest BCUT2D eigenvalue weighted by Gasteiger charge is 2.14. The van der Waals surface area contributed by atoms with Crippen LogP contribution in [-0.4, -0.2) is 35.9 Å². The van der Waals surface area contributed by atoms with Crippen molar-refractivity contribution in [3.05, 3.63) is 108 Å². The van der Waals surface area contributed by atoms with Gasteiger partial charge in [0.15, 0.2) is 0 Å². The fraction of sp³-hybridized carbons (Fsp3) is 0.143. The largest absolute Gasteiger partial charge is 0.487 e. The van der Waals surface area contributed by atoms with E-state index >= 15 is 0 Å². The van der Waals surface area contributed by atoms with Gasteiger partial charge >= 0.3 is 0 Å². The average molecular weight is 482 g/mol. The summed E-state index contributed by atoms with van der Waals surface area (Å²) in [5.41, 5.74) is 4.22. The zero-order valence-electron chi connectivity index (χ0n) is 20.4. The van der Waals surface area contributed by atoms with Crippen molar-refractivity contribution >= 4 is 28.9 Å². The fourth-order valence-electron chi connectivity index (χ4n) is 3.43. The van der Waals surface area contributed by atoms with E-state index in [1.807, 2.05) is 49.3 Å². The summed E-state index contributed by atoms with van der Waals surface area (Å²) in [7, 11) is 3.82. The second-order valence-electron chi connectivity index (χ2n) is 8.34. The molecule has 0 spiro atoms. The SMILES string of the molecule is Cc1ncc(NC(=O)c2cccc(N(C)C)c2)cc1C(=O)Nc1ccc(OCc2ccccn2)cc1. The summed E-state index contributed by atoms with van der Waals surface area (Å²) in [6.07, 6.45) is 3.25. The predicted octanol–water partition coefficient (Wildman–Crippen LogP) is 4.93. The lowest BCUT2D eigenvalue weighted by Gasteiger charge is -2.14. The van der Waals surface area contributed by atoms with E-state index in [0.29, 0.717) is 40.6 Å². The van der Waals surface area contributed by atoms with E-state index in [2.05, 4.69) is 20.6 Å². The summed E-state index contributed by atoms with van der Waals surface area (Å²) in [6.45, 7) is 2.10. The van der Waals surface area contributed by atoms with Crippen LogP contribution in [0.4, 0.5) is 17.1 Å². The summed E-state index contributed by atoms with van der Waals surface area (Å²) in [6, 6.07) is 21.6. The molecule has 4 aromatic rings. The number of carbonyl (C=O) groups excluding carboxylic acids is 2. The highest BCUT2D eigenvalue weighted by molar-refractivity contribution is 6.08. The Morgan fingerprint density at radius 3 is 2.36 bits per heavy atom. The number of aryl methyl sites for hydroxylation is 1. The summed E-state index contributed by atoms with van der Waals surface area (Å²) >= 11 is 0. The number of aromatic nitrogens is 2. The lowest BCUT2D eigenvalue weighted by Crippen LogP contribution is -2.17. The van der Waals surface area contributed by atoms with Gasteiger partial charge in [-0.25, -0.2) is 0 Å². The number of benzene rings is 2. The first-order chi connectivity index (χ1) is 17.4. The number of hydrogen-bond acceptors (Lipinski definition) is 6. The van der Waals surface area contributed by atoms with Crippen molar-refractivity contribution in [1.82, 2.24) is 9.97 Å². The van der Waals surface area contributed by atoms with E-state index in [1.54, 1.807) is 55.6 Å². The molecule has 0 radical (unpaired) electrons. The molecule has 0 saturated heterocycles. The van der Waals surface area contributed by atoms with Crippen LogP contribution in [0.1, 0.15) is 32.1 Å². The molecule has 0 aliphatic carbocycles. The van der Waals surface area contributed by atoms with Crippen LogP contribution in [0.2, 0.25) is 0 Å². The zero-order valence-corrected chi connectivity index (χ0v) is 20.4. The van der Waals surface area contributed by atoms with Gasteiger partial charge in [-0.15, -0.1) is 0 Å². The van der Waals surface area contributed by atoms with Crippen molar-refractivity contribution in [3.8, 4) is 5.75 Å². The van der Waals surface area contributed by atoms with Gasteiger partial charge in [0, 0.05) is 37.2 Å². The number of nitrogens with one attached hydrogen (secondary N) is 2. The van der Waals surface area contributed by atoms with Crippen molar-refractivity contribution in [2.45, 2.75) is 13.5 Å². The quantitative estimate of drug-likeness (QED) is 0.370. The van der Waals surface area contributed by atoms with Gasteiger partial charge in [0.05, 0.1) is 28.8 Å². The molecule has 4 rings (SSSR count). The molecule has 2 aromatic carbocycles. The number of nitrogens with zero attached hydrogens (tertiary/aromatic N) is 3. The van der Waals surface area contributed by atoms with E-state index in [4.69, 9.17) is 4.74 Å². The van der Waals surface area contributed by atoms with Gasteiger partial charge in [-0.05, 0) is 67.6 Å². The highest BCUT2D eigenvalue weighted by Crippen LogP contribution is 2.20. The molecule has 0 atom stereocenters. The molecule has 36 heavy (non-hydrogen) atoms. The third-order valence-electron chi connectivity index (χ3n) is 5.44. The molecule has 2 heterocycles. The van der Waals surface area contributed by atoms with Crippen molar-refractivity contribution in [3.63, 3.8) is 0 Å². The molecule has 2 N–H and O–H groups in total. The number of ether oxygens (including phenoxy) is 1. The molecular formula is C28H27N5O3. The lowest BCUT2D eigenvalue weighted by atomic mass is 10.1. The molecule has 8 nitrogen and oxygen atoms in total. The number of carbonyl (C=O) groups is 2. The van der Waals surface area contributed by atoms with Gasteiger partial charge in [0.25, 0.3) is 11.8 Å². The van der Waals surface area contributed by atoms with E-state index in [0.717, 1.165) is 11.4 Å². The molecule has 0 aliphatic rings. The molecular weight excluding hydrogens is 454 g/mol. The Labute approximate surface area is 210 Å². The Hall–Kier alpha value is -4.72. The van der Waals surface area contributed by atoms with Crippen LogP contribution in [0.25, 0.3) is 0 Å². The maximum atomic E-state index is 12.9. The van der Waals surface area contributed by atoms with Crippen LogP contribution in [0.5, 0.6) is 5.75 Å². The Morgan fingerprint density at radius 1 is 0.861 bits per heavy atom. The van der Waals surface area contributed by atoms with Crippen LogP contribution in [0, 0.1) is 6.92 Å². The molecule has 2 amide bonds. The molecule has 0 saturated carbocycles. The third-order valence-corrected chi connectivity index (χ3v) is 5.44. The minimum absolute atomic E-state index is 0.281. The predicted molar refractivity (Wildman–Crippen MR) is 141 cm³/mol. The summed E-state index contributed by atoms with van der Waals surface area (Å²) in [4.78, 5) is 36.1. The Kier molecular flexibility index (Phi) is 7.55. The van der Waals surface area contributed by atoms with Crippen molar-refractivity contribution in [2.24, 2.45) is 0 Å². The highest BCUT2D eigenvalue weighted by atomic mass is 16.5. The Bertz CT molecular complexity index is 1360. The third kappa shape index (κ3) is 6.24. The van der Waals surface area contributed by atoms with Crippen molar-refractivity contribution < 1.29 is 14.3 Å². The molecule has 0 aliphatic heterocycles. The van der Waals surface area contributed by atoms with Crippen molar-refractivity contribution in [1.29, 1.82) is 0 Å². The van der Waals surface area contributed by atoms with Crippen LogP contribution >= 0.6 is 0 Å². The van der Waals surface area contributed by atoms with Gasteiger partial charge in [0.2, 0.25) is 0 Å². The monoisotopic (exact) mass is 481 g/mol. The minimum atomic E-state index is -0.326. The standard InChI is InChI=1S/C28H27N5O3/c1-19-26(16-23(17-30-19)32-27(34)20-7-6-9-24(15-20)33(2)3)28(35)31-21-10-12-25(13-11-21)36-18-22-8-4-5-14-29-22/h4-17H,18H2,1-3H3,(H,31,35)(H,32,34). The topological polar surface area (TPSA) is 96.5 Å². The van der Waals surface area contributed by atoms with E-state index in [1.165, 1.54) is 6.20 Å². The van der Waals surface area contributed by atoms with E-state index in [9.17, 15) is 9.59 Å². The molecule has 182 valence electrons. The average Bonchev–Trinajstić information content (AvgIpc) is 2.90. The molecule has 0 fully saturated rings. The van der Waals surface area contributed by atoms with Crippen LogP contribution in [0.15, 0.2) is 85.2 Å². The normalized spacial score (nSPS) is 10.4. The minimum Gasteiger partial charge on any atom is -0.487 e. The maximum absolute atomic E-state index is 12.9. The number of hydrogen-bond donors (Lipinski definition) is 2. The number of anilines is 3. The number of pyridine rings is 2. The molecule has 2 aromatic heterocycles. The Morgan fingerprint density at radius 2 is 1.64 bits per heavy atom. The van der Waals surface area contributed by atoms with Gasteiger partial charge in [-0.1, -0.05) is 12.1 Å². The van der Waals surface area contributed by atoms with Gasteiger partial charge in [-0.3, -0.25) is 19.6 Å². The summed E-state index contributed by atoms with van der Waals surface area (Å²) in [5.74, 6) is 0.0596. The second-order valence-corrected chi connectivity index (χ2v) is 8.34. The van der Waals surface area contributed by atoms with E-state index in [-0.39, 0.29) is 11.8 Å². The number of amides is 2. The first kappa shape index (κ1) is 24.4. The van der Waals surface area contributed by atoms with Gasteiger partial charge in [0.1, 0.15) is 12.4 Å². The lowest BCUT2D eigenvalue weighted by molar-refractivity contribution is 0.101. The smallest absolute Gasteiger partial charge is 0.257 e. The first-order valence-corrected chi connectivity index (χ1v) is 11.4. The second kappa shape index (κ2) is 11.1. The summed E-state index contributed by atoms with van der Waals surface area (Å²) < 4.78 is 5.74. The molecule has 8 heteroatoms.